The molecule has 2 rings (SSSR count). The minimum Gasteiger partial charge on any atom is -0.309 e. The lowest BCUT2D eigenvalue weighted by molar-refractivity contribution is -0.117. The van der Waals surface area contributed by atoms with Crippen molar-refractivity contribution in [2.24, 2.45) is 5.92 Å². The summed E-state index contributed by atoms with van der Waals surface area (Å²) in [5.41, 5.74) is -0.0854. The molecule has 0 aromatic heterocycles. The third-order valence-corrected chi connectivity index (χ3v) is 4.92. The Hall–Kier alpha value is -0.730. The van der Waals surface area contributed by atoms with E-state index in [1.165, 1.54) is 0 Å². The standard InChI is InChI=1S/C11H9BrClF2NO3S/c12-10-7(14)1-2-8(11(10)15)16-4-6(3-9(16)17)5-20(13,18)19/h1-2,6H,3-5H2. The molecule has 1 aliphatic rings. The van der Waals surface area contributed by atoms with Gasteiger partial charge >= 0.3 is 0 Å². The molecule has 9 heteroatoms. The Kier molecular flexibility index (Phi) is 4.36. The molecule has 4 nitrogen and oxygen atoms in total. The van der Waals surface area contributed by atoms with Gasteiger partial charge in [-0.15, -0.1) is 0 Å². The lowest BCUT2D eigenvalue weighted by atomic mass is 10.1. The van der Waals surface area contributed by atoms with Crippen LogP contribution in [0.4, 0.5) is 14.5 Å². The summed E-state index contributed by atoms with van der Waals surface area (Å²) < 4.78 is 48.7. The minimum atomic E-state index is -3.73. The van der Waals surface area contributed by atoms with Crippen molar-refractivity contribution in [1.82, 2.24) is 0 Å². The smallest absolute Gasteiger partial charge is 0.232 e. The molecule has 0 N–H and O–H groups in total. The van der Waals surface area contributed by atoms with E-state index in [0.29, 0.717) is 0 Å². The fourth-order valence-corrected chi connectivity index (χ4v) is 3.79. The van der Waals surface area contributed by atoms with Gasteiger partial charge in [-0.2, -0.15) is 0 Å². The van der Waals surface area contributed by atoms with Crippen molar-refractivity contribution in [3.8, 4) is 0 Å². The van der Waals surface area contributed by atoms with Crippen LogP contribution < -0.4 is 4.90 Å². The molecule has 0 aliphatic carbocycles. The molecule has 1 aliphatic heterocycles. The summed E-state index contributed by atoms with van der Waals surface area (Å²) >= 11 is 2.76. The number of benzene rings is 1. The van der Waals surface area contributed by atoms with E-state index in [-0.39, 0.29) is 28.9 Å². The fraction of sp³-hybridized carbons (Fsp3) is 0.364. The Balaban J connectivity index is 2.27. The average molecular weight is 389 g/mol. The van der Waals surface area contributed by atoms with Gasteiger partial charge in [-0.25, -0.2) is 17.2 Å². The number of carbonyl (C=O) groups is 1. The third-order valence-electron chi connectivity index (χ3n) is 2.95. The van der Waals surface area contributed by atoms with Gasteiger partial charge in [0.25, 0.3) is 0 Å². The largest absolute Gasteiger partial charge is 0.309 e. The molecular weight excluding hydrogens is 380 g/mol. The molecule has 1 atom stereocenters. The SMILES string of the molecule is O=C1CC(CS(=O)(=O)Cl)CN1c1ccc(F)c(Br)c1F. The zero-order valence-corrected chi connectivity index (χ0v) is 13.1. The van der Waals surface area contributed by atoms with Crippen LogP contribution in [0, 0.1) is 17.6 Å². The summed E-state index contributed by atoms with van der Waals surface area (Å²) in [6.07, 6.45) is -0.0413. The Morgan fingerprint density at radius 3 is 2.65 bits per heavy atom. The minimum absolute atomic E-state index is 0.0276. The first kappa shape index (κ1) is 15.7. The topological polar surface area (TPSA) is 54.5 Å². The third kappa shape index (κ3) is 3.29. The van der Waals surface area contributed by atoms with Crippen LogP contribution in [-0.4, -0.2) is 26.6 Å². The van der Waals surface area contributed by atoms with Gasteiger partial charge in [0.2, 0.25) is 15.0 Å². The first-order valence-electron chi connectivity index (χ1n) is 5.55. The number of hydrogen-bond acceptors (Lipinski definition) is 3. The molecule has 0 radical (unpaired) electrons. The van der Waals surface area contributed by atoms with Gasteiger partial charge in [0.05, 0.1) is 15.9 Å². The van der Waals surface area contributed by atoms with Gasteiger partial charge in [-0.3, -0.25) is 4.79 Å². The maximum atomic E-state index is 13.9. The molecule has 1 unspecified atom stereocenters. The molecule has 1 amide bonds. The van der Waals surface area contributed by atoms with E-state index in [4.69, 9.17) is 10.7 Å². The van der Waals surface area contributed by atoms with Gasteiger partial charge in [0, 0.05) is 29.6 Å². The highest BCUT2D eigenvalue weighted by molar-refractivity contribution is 9.10. The first-order valence-corrected chi connectivity index (χ1v) is 8.82. The highest BCUT2D eigenvalue weighted by Crippen LogP contribution is 2.33. The summed E-state index contributed by atoms with van der Waals surface area (Å²) in [7, 11) is 1.41. The van der Waals surface area contributed by atoms with Crippen molar-refractivity contribution < 1.29 is 22.0 Å². The number of rotatable bonds is 3. The molecule has 1 aromatic rings. The summed E-state index contributed by atoms with van der Waals surface area (Å²) in [4.78, 5) is 12.9. The summed E-state index contributed by atoms with van der Waals surface area (Å²) in [5, 5.41) is 0. The van der Waals surface area contributed by atoms with Crippen LogP contribution in [0.15, 0.2) is 16.6 Å². The second kappa shape index (κ2) is 5.57. The molecule has 1 fully saturated rings. The Bertz CT molecular complexity index is 668. The van der Waals surface area contributed by atoms with Crippen molar-refractivity contribution in [1.29, 1.82) is 0 Å². The average Bonchev–Trinajstić information content (AvgIpc) is 2.65. The summed E-state index contributed by atoms with van der Waals surface area (Å²) in [6.45, 7) is 0.0276. The summed E-state index contributed by atoms with van der Waals surface area (Å²) in [5.74, 6) is -2.97. The van der Waals surface area contributed by atoms with Crippen LogP contribution >= 0.6 is 26.6 Å². The van der Waals surface area contributed by atoms with Crippen molar-refractivity contribution in [3.63, 3.8) is 0 Å². The van der Waals surface area contributed by atoms with Gasteiger partial charge in [-0.05, 0) is 28.1 Å². The van der Waals surface area contributed by atoms with Crippen LogP contribution in [0.5, 0.6) is 0 Å². The monoisotopic (exact) mass is 387 g/mol. The van der Waals surface area contributed by atoms with E-state index < -0.39 is 32.5 Å². The van der Waals surface area contributed by atoms with E-state index in [9.17, 15) is 22.0 Å². The van der Waals surface area contributed by atoms with Crippen molar-refractivity contribution in [3.05, 3.63) is 28.2 Å². The highest BCUT2D eigenvalue weighted by Gasteiger charge is 2.34. The quantitative estimate of drug-likeness (QED) is 0.591. The molecule has 1 aromatic carbocycles. The molecule has 0 bridgehead atoms. The van der Waals surface area contributed by atoms with E-state index in [2.05, 4.69) is 15.9 Å². The molecule has 1 heterocycles. The van der Waals surface area contributed by atoms with E-state index >= 15 is 0 Å². The summed E-state index contributed by atoms with van der Waals surface area (Å²) in [6, 6.07) is 2.17. The molecule has 110 valence electrons. The van der Waals surface area contributed by atoms with Crippen molar-refractivity contribution in [2.75, 3.05) is 17.2 Å². The lowest BCUT2D eigenvalue weighted by Crippen LogP contribution is -2.26. The lowest BCUT2D eigenvalue weighted by Gasteiger charge is -2.18. The number of halogens is 4. The molecule has 0 spiro atoms. The van der Waals surface area contributed by atoms with Crippen LogP contribution in [0.3, 0.4) is 0 Å². The van der Waals surface area contributed by atoms with Crippen LogP contribution in [0.2, 0.25) is 0 Å². The van der Waals surface area contributed by atoms with Crippen LogP contribution in [0.1, 0.15) is 6.42 Å². The van der Waals surface area contributed by atoms with Crippen LogP contribution in [-0.2, 0) is 13.8 Å². The number of carbonyl (C=O) groups excluding carboxylic acids is 1. The Morgan fingerprint density at radius 1 is 1.40 bits per heavy atom. The molecule has 1 saturated heterocycles. The first-order chi connectivity index (χ1) is 9.19. The van der Waals surface area contributed by atoms with E-state index in [1.54, 1.807) is 0 Å². The maximum absolute atomic E-state index is 13.9. The van der Waals surface area contributed by atoms with Crippen molar-refractivity contribution >= 4 is 47.3 Å². The predicted molar refractivity (Wildman–Crippen MR) is 74.2 cm³/mol. The number of nitrogens with zero attached hydrogens (tertiary/aromatic N) is 1. The number of anilines is 1. The second-order valence-corrected chi connectivity index (χ2v) is 8.09. The highest BCUT2D eigenvalue weighted by atomic mass is 79.9. The van der Waals surface area contributed by atoms with Gasteiger partial charge in [0.1, 0.15) is 5.82 Å². The van der Waals surface area contributed by atoms with Gasteiger partial charge < -0.3 is 4.90 Å². The number of hydrogen-bond donors (Lipinski definition) is 0. The Morgan fingerprint density at radius 2 is 2.05 bits per heavy atom. The molecular formula is C11H9BrClF2NO3S. The van der Waals surface area contributed by atoms with Crippen LogP contribution in [0.25, 0.3) is 0 Å². The number of amides is 1. The zero-order chi connectivity index (χ0) is 15.1. The maximum Gasteiger partial charge on any atom is 0.232 e. The van der Waals surface area contributed by atoms with E-state index in [1.807, 2.05) is 0 Å². The van der Waals surface area contributed by atoms with Gasteiger partial charge in [-0.1, -0.05) is 0 Å². The predicted octanol–water partition coefficient (Wildman–Crippen LogP) is 2.65. The van der Waals surface area contributed by atoms with E-state index in [0.717, 1.165) is 17.0 Å². The normalized spacial score (nSPS) is 19.7. The van der Waals surface area contributed by atoms with Crippen molar-refractivity contribution in [2.45, 2.75) is 6.42 Å². The molecule has 0 saturated carbocycles. The fourth-order valence-electron chi connectivity index (χ4n) is 2.13. The second-order valence-electron chi connectivity index (χ2n) is 4.47. The van der Waals surface area contributed by atoms with Gasteiger partial charge in [0.15, 0.2) is 5.82 Å². The molecule has 20 heavy (non-hydrogen) atoms. The zero-order valence-electron chi connectivity index (χ0n) is 9.95. The Labute approximate surface area is 127 Å².